The van der Waals surface area contributed by atoms with E-state index in [1.54, 1.807) is 29.9 Å². The van der Waals surface area contributed by atoms with Crippen LogP contribution in [0.3, 0.4) is 0 Å². The van der Waals surface area contributed by atoms with Crippen molar-refractivity contribution in [3.8, 4) is 0 Å². The normalized spacial score (nSPS) is 10.7. The quantitative estimate of drug-likeness (QED) is 0.609. The molecule has 6 nitrogen and oxygen atoms in total. The van der Waals surface area contributed by atoms with Crippen molar-refractivity contribution in [1.82, 2.24) is 9.78 Å². The highest BCUT2D eigenvalue weighted by Gasteiger charge is 2.30. The van der Waals surface area contributed by atoms with Gasteiger partial charge < -0.3 is 9.47 Å². The molecule has 0 amide bonds. The van der Waals surface area contributed by atoms with Gasteiger partial charge in [-0.05, 0) is 17.7 Å². The molecule has 0 spiro atoms. The molecule has 0 bridgehead atoms. The number of methoxy groups -OCH3 is 2. The van der Waals surface area contributed by atoms with E-state index in [0.29, 0.717) is 5.56 Å². The minimum Gasteiger partial charge on any atom is -0.468 e. The minimum absolute atomic E-state index is 0.527. The van der Waals surface area contributed by atoms with Crippen LogP contribution in [0.5, 0.6) is 0 Å². The van der Waals surface area contributed by atoms with Gasteiger partial charge in [-0.15, -0.1) is 0 Å². The van der Waals surface area contributed by atoms with Crippen LogP contribution in [0.4, 0.5) is 0 Å². The van der Waals surface area contributed by atoms with Crippen molar-refractivity contribution in [1.29, 1.82) is 0 Å². The van der Waals surface area contributed by atoms with Gasteiger partial charge in [-0.1, -0.05) is 6.07 Å². The summed E-state index contributed by atoms with van der Waals surface area (Å²) in [4.78, 5) is 23.4. The third-order valence-corrected chi connectivity index (χ3v) is 2.85. The SMILES string of the molecule is COC(=O)C(C(=O)OC)c1ccc2nn(C)cc2c1. The van der Waals surface area contributed by atoms with Gasteiger partial charge in [0.05, 0.1) is 19.7 Å². The number of esters is 2. The van der Waals surface area contributed by atoms with Crippen molar-refractivity contribution >= 4 is 22.8 Å². The zero-order valence-electron chi connectivity index (χ0n) is 10.9. The third kappa shape index (κ3) is 2.42. The summed E-state index contributed by atoms with van der Waals surface area (Å²) in [5.74, 6) is -2.36. The standard InChI is InChI=1S/C13H14N2O4/c1-15-7-9-6-8(4-5-10(9)14-15)11(12(16)18-2)13(17)19-3/h4-7,11H,1-3H3. The Labute approximate surface area is 109 Å². The molecule has 0 unspecified atom stereocenters. The van der Waals surface area contributed by atoms with Crippen molar-refractivity contribution in [2.75, 3.05) is 14.2 Å². The average Bonchev–Trinajstić information content (AvgIpc) is 2.77. The maximum Gasteiger partial charge on any atom is 0.324 e. The lowest BCUT2D eigenvalue weighted by molar-refractivity contribution is -0.154. The van der Waals surface area contributed by atoms with Gasteiger partial charge in [-0.3, -0.25) is 14.3 Å². The highest BCUT2D eigenvalue weighted by Crippen LogP contribution is 2.23. The van der Waals surface area contributed by atoms with Crippen LogP contribution >= 0.6 is 0 Å². The average molecular weight is 262 g/mol. The summed E-state index contributed by atoms with van der Waals surface area (Å²) >= 11 is 0. The number of carbonyl (C=O) groups is 2. The van der Waals surface area contributed by atoms with Crippen LogP contribution < -0.4 is 0 Å². The third-order valence-electron chi connectivity index (χ3n) is 2.85. The van der Waals surface area contributed by atoms with Crippen LogP contribution in [0.25, 0.3) is 10.9 Å². The second kappa shape index (κ2) is 5.09. The second-order valence-corrected chi connectivity index (χ2v) is 4.10. The van der Waals surface area contributed by atoms with E-state index >= 15 is 0 Å². The largest absolute Gasteiger partial charge is 0.468 e. The Morgan fingerprint density at radius 2 is 1.84 bits per heavy atom. The maximum absolute atomic E-state index is 11.7. The Bertz CT molecular complexity index is 617. The van der Waals surface area contributed by atoms with Crippen molar-refractivity contribution in [2.45, 2.75) is 5.92 Å². The zero-order valence-corrected chi connectivity index (χ0v) is 10.9. The molecule has 0 saturated heterocycles. The lowest BCUT2D eigenvalue weighted by Crippen LogP contribution is -2.24. The van der Waals surface area contributed by atoms with Gasteiger partial charge in [0.2, 0.25) is 0 Å². The highest BCUT2D eigenvalue weighted by atomic mass is 16.5. The molecule has 0 aliphatic heterocycles. The number of hydrogen-bond donors (Lipinski definition) is 0. The Morgan fingerprint density at radius 3 is 2.42 bits per heavy atom. The Kier molecular flexibility index (Phi) is 3.50. The predicted molar refractivity (Wildman–Crippen MR) is 67.5 cm³/mol. The van der Waals surface area contributed by atoms with Crippen LogP contribution in [-0.2, 0) is 26.1 Å². The van der Waals surface area contributed by atoms with Gasteiger partial charge in [0.1, 0.15) is 0 Å². The van der Waals surface area contributed by atoms with E-state index in [-0.39, 0.29) is 0 Å². The highest BCUT2D eigenvalue weighted by molar-refractivity contribution is 6.01. The first-order valence-corrected chi connectivity index (χ1v) is 5.65. The molecule has 2 aromatic rings. The molecule has 0 fully saturated rings. The summed E-state index contributed by atoms with van der Waals surface area (Å²) in [6.45, 7) is 0. The molecule has 0 aliphatic carbocycles. The zero-order chi connectivity index (χ0) is 14.0. The van der Waals surface area contributed by atoms with Crippen LogP contribution in [0.15, 0.2) is 24.4 Å². The fraction of sp³-hybridized carbons (Fsp3) is 0.308. The molecular weight excluding hydrogens is 248 g/mol. The van der Waals surface area contributed by atoms with Crippen molar-refractivity contribution < 1.29 is 19.1 Å². The summed E-state index contributed by atoms with van der Waals surface area (Å²) in [7, 11) is 4.28. The number of benzene rings is 1. The van der Waals surface area contributed by atoms with E-state index < -0.39 is 17.9 Å². The Hall–Kier alpha value is -2.37. The fourth-order valence-electron chi connectivity index (χ4n) is 1.95. The number of fused-ring (bicyclic) bond motifs is 1. The fourth-order valence-corrected chi connectivity index (χ4v) is 1.95. The van der Waals surface area contributed by atoms with Gasteiger partial charge in [0.15, 0.2) is 5.92 Å². The molecule has 0 saturated carbocycles. The van der Waals surface area contributed by atoms with Gasteiger partial charge in [-0.2, -0.15) is 5.10 Å². The topological polar surface area (TPSA) is 70.4 Å². The molecule has 0 atom stereocenters. The van der Waals surface area contributed by atoms with Crippen LogP contribution in [0, 0.1) is 0 Å². The molecule has 100 valence electrons. The van der Waals surface area contributed by atoms with Crippen molar-refractivity contribution in [2.24, 2.45) is 7.05 Å². The summed E-state index contributed by atoms with van der Waals surface area (Å²) < 4.78 is 11.0. The molecule has 19 heavy (non-hydrogen) atoms. The first kappa shape index (κ1) is 13.1. The molecular formula is C13H14N2O4. The smallest absolute Gasteiger partial charge is 0.324 e. The molecule has 2 rings (SSSR count). The number of ether oxygens (including phenoxy) is 2. The van der Waals surface area contributed by atoms with E-state index in [4.69, 9.17) is 0 Å². The molecule has 1 aromatic heterocycles. The van der Waals surface area contributed by atoms with E-state index in [1.165, 1.54) is 14.2 Å². The summed E-state index contributed by atoms with van der Waals surface area (Å²) in [6.07, 6.45) is 1.81. The predicted octanol–water partition coefficient (Wildman–Crippen LogP) is 1.00. The van der Waals surface area contributed by atoms with E-state index in [1.807, 2.05) is 6.20 Å². The van der Waals surface area contributed by atoms with E-state index in [0.717, 1.165) is 10.9 Å². The number of aryl methyl sites for hydroxylation is 1. The van der Waals surface area contributed by atoms with Crippen LogP contribution in [0.2, 0.25) is 0 Å². The van der Waals surface area contributed by atoms with Crippen LogP contribution in [-0.4, -0.2) is 35.9 Å². The van der Waals surface area contributed by atoms with Crippen molar-refractivity contribution in [3.05, 3.63) is 30.0 Å². The first-order chi connectivity index (χ1) is 9.06. The Balaban J connectivity index is 2.49. The maximum atomic E-state index is 11.7. The lowest BCUT2D eigenvalue weighted by atomic mass is 9.98. The van der Waals surface area contributed by atoms with Crippen LogP contribution in [0.1, 0.15) is 11.5 Å². The lowest BCUT2D eigenvalue weighted by Gasteiger charge is -2.12. The summed E-state index contributed by atoms with van der Waals surface area (Å²) in [5.41, 5.74) is 1.32. The van der Waals surface area contributed by atoms with E-state index in [9.17, 15) is 9.59 Å². The van der Waals surface area contributed by atoms with Crippen molar-refractivity contribution in [3.63, 3.8) is 0 Å². The number of aromatic nitrogens is 2. The molecule has 0 aliphatic rings. The first-order valence-electron chi connectivity index (χ1n) is 5.65. The Morgan fingerprint density at radius 1 is 1.21 bits per heavy atom. The number of hydrogen-bond acceptors (Lipinski definition) is 5. The molecule has 1 aromatic carbocycles. The summed E-state index contributed by atoms with van der Waals surface area (Å²) in [5, 5.41) is 5.07. The van der Waals surface area contributed by atoms with Gasteiger partial charge in [-0.25, -0.2) is 0 Å². The molecule has 0 N–H and O–H groups in total. The number of rotatable bonds is 3. The molecule has 1 heterocycles. The molecule has 0 radical (unpaired) electrons. The number of nitrogens with zero attached hydrogens (tertiary/aromatic N) is 2. The van der Waals surface area contributed by atoms with Gasteiger partial charge in [0, 0.05) is 18.6 Å². The monoisotopic (exact) mass is 262 g/mol. The minimum atomic E-state index is -1.07. The second-order valence-electron chi connectivity index (χ2n) is 4.10. The van der Waals surface area contributed by atoms with E-state index in [2.05, 4.69) is 14.6 Å². The van der Waals surface area contributed by atoms with Gasteiger partial charge in [0.25, 0.3) is 0 Å². The number of carbonyl (C=O) groups excluding carboxylic acids is 2. The molecule has 6 heteroatoms. The summed E-state index contributed by atoms with van der Waals surface area (Å²) in [6, 6.07) is 5.16. The van der Waals surface area contributed by atoms with Gasteiger partial charge >= 0.3 is 11.9 Å².